The quantitative estimate of drug-likeness (QED) is 0.676. The van der Waals surface area contributed by atoms with Gasteiger partial charge in [-0.15, -0.1) is 0 Å². The van der Waals surface area contributed by atoms with Crippen LogP contribution in [0, 0.1) is 5.41 Å². The maximum atomic E-state index is 12.3. The van der Waals surface area contributed by atoms with Crippen molar-refractivity contribution in [3.05, 3.63) is 0 Å². The molecule has 1 saturated carbocycles. The summed E-state index contributed by atoms with van der Waals surface area (Å²) in [6.45, 7) is 1.63. The van der Waals surface area contributed by atoms with E-state index in [4.69, 9.17) is 5.11 Å². The van der Waals surface area contributed by atoms with Crippen LogP contribution in [0.2, 0.25) is 0 Å². The van der Waals surface area contributed by atoms with Crippen LogP contribution in [0.5, 0.6) is 0 Å². The van der Waals surface area contributed by atoms with Gasteiger partial charge in [-0.2, -0.15) is 0 Å². The van der Waals surface area contributed by atoms with Crippen molar-refractivity contribution < 1.29 is 18.7 Å². The van der Waals surface area contributed by atoms with Crippen LogP contribution in [0.25, 0.3) is 0 Å². The SMILES string of the molecule is CCC1(C(=O)O)CC(F)(F)C1. The molecule has 64 valence electrons. The summed E-state index contributed by atoms with van der Waals surface area (Å²) in [6.07, 6.45) is -0.699. The Morgan fingerprint density at radius 2 is 2.00 bits per heavy atom. The zero-order valence-corrected chi connectivity index (χ0v) is 6.23. The fourth-order valence-corrected chi connectivity index (χ4v) is 1.49. The number of carbonyl (C=O) groups is 1. The summed E-state index contributed by atoms with van der Waals surface area (Å²) in [6, 6.07) is 0. The third kappa shape index (κ3) is 1.21. The second kappa shape index (κ2) is 2.16. The number of rotatable bonds is 2. The molecule has 0 radical (unpaired) electrons. The maximum Gasteiger partial charge on any atom is 0.310 e. The van der Waals surface area contributed by atoms with Crippen LogP contribution in [0.3, 0.4) is 0 Å². The number of hydrogen-bond donors (Lipinski definition) is 1. The van der Waals surface area contributed by atoms with Gasteiger partial charge >= 0.3 is 5.97 Å². The van der Waals surface area contributed by atoms with Crippen LogP contribution in [0.4, 0.5) is 8.78 Å². The van der Waals surface area contributed by atoms with Gasteiger partial charge in [0.1, 0.15) is 0 Å². The summed E-state index contributed by atoms with van der Waals surface area (Å²) in [7, 11) is 0. The van der Waals surface area contributed by atoms with E-state index in [9.17, 15) is 13.6 Å². The van der Waals surface area contributed by atoms with E-state index in [1.165, 1.54) is 0 Å². The van der Waals surface area contributed by atoms with Crippen molar-refractivity contribution in [1.29, 1.82) is 0 Å². The molecular weight excluding hydrogens is 154 g/mol. The van der Waals surface area contributed by atoms with Gasteiger partial charge in [-0.3, -0.25) is 4.79 Å². The summed E-state index contributed by atoms with van der Waals surface area (Å²) < 4.78 is 24.6. The third-order valence-corrected chi connectivity index (χ3v) is 2.32. The Morgan fingerprint density at radius 1 is 1.55 bits per heavy atom. The third-order valence-electron chi connectivity index (χ3n) is 2.32. The largest absolute Gasteiger partial charge is 0.481 e. The minimum absolute atomic E-state index is 0.290. The number of halogens is 2. The van der Waals surface area contributed by atoms with Crippen molar-refractivity contribution in [3.63, 3.8) is 0 Å². The molecule has 0 bridgehead atoms. The summed E-state index contributed by atoms with van der Waals surface area (Å²) in [5, 5.41) is 8.58. The van der Waals surface area contributed by atoms with Gasteiger partial charge in [0.25, 0.3) is 0 Å². The van der Waals surface area contributed by atoms with Gasteiger partial charge < -0.3 is 5.11 Å². The van der Waals surface area contributed by atoms with Crippen molar-refractivity contribution >= 4 is 5.97 Å². The molecule has 0 aromatic rings. The summed E-state index contributed by atoms with van der Waals surface area (Å²) >= 11 is 0. The predicted molar refractivity (Wildman–Crippen MR) is 34.5 cm³/mol. The van der Waals surface area contributed by atoms with Gasteiger partial charge in [-0.25, -0.2) is 8.78 Å². The number of hydrogen-bond acceptors (Lipinski definition) is 1. The lowest BCUT2D eigenvalue weighted by molar-refractivity contribution is -0.194. The van der Waals surface area contributed by atoms with Crippen LogP contribution in [0.15, 0.2) is 0 Å². The number of aliphatic carboxylic acids is 1. The number of alkyl halides is 2. The molecular formula is C7H10F2O2. The predicted octanol–water partition coefficient (Wildman–Crippen LogP) is 1.90. The topological polar surface area (TPSA) is 37.3 Å². The minimum Gasteiger partial charge on any atom is -0.481 e. The lowest BCUT2D eigenvalue weighted by atomic mass is 9.64. The fraction of sp³-hybridized carbons (Fsp3) is 0.857. The van der Waals surface area contributed by atoms with E-state index in [1.807, 2.05) is 0 Å². The Morgan fingerprint density at radius 3 is 2.09 bits per heavy atom. The van der Waals surface area contributed by atoms with Crippen LogP contribution < -0.4 is 0 Å². The Labute approximate surface area is 63.2 Å². The molecule has 0 heterocycles. The summed E-state index contributed by atoms with van der Waals surface area (Å²) in [5.41, 5.74) is -1.14. The number of carboxylic acids is 1. The van der Waals surface area contributed by atoms with Gasteiger partial charge in [0.05, 0.1) is 5.41 Å². The monoisotopic (exact) mass is 164 g/mol. The molecule has 0 spiro atoms. The molecule has 1 N–H and O–H groups in total. The van der Waals surface area contributed by atoms with Crippen molar-refractivity contribution in [2.75, 3.05) is 0 Å². The molecule has 0 aliphatic heterocycles. The Kier molecular flexibility index (Phi) is 1.65. The van der Waals surface area contributed by atoms with E-state index in [2.05, 4.69) is 0 Å². The Bertz CT molecular complexity index is 181. The maximum absolute atomic E-state index is 12.3. The average Bonchev–Trinajstić information content (AvgIpc) is 1.81. The first-order valence-corrected chi connectivity index (χ1v) is 3.53. The lowest BCUT2D eigenvalue weighted by Gasteiger charge is -2.43. The highest BCUT2D eigenvalue weighted by Crippen LogP contribution is 2.53. The summed E-state index contributed by atoms with van der Waals surface area (Å²) in [4.78, 5) is 10.5. The molecule has 0 aromatic heterocycles. The van der Waals surface area contributed by atoms with Crippen molar-refractivity contribution in [2.45, 2.75) is 32.1 Å². The van der Waals surface area contributed by atoms with Gasteiger partial charge in [0, 0.05) is 12.8 Å². The first-order chi connectivity index (χ1) is 4.92. The molecule has 4 heteroatoms. The first-order valence-electron chi connectivity index (χ1n) is 3.53. The van der Waals surface area contributed by atoms with Gasteiger partial charge in [0.15, 0.2) is 0 Å². The van der Waals surface area contributed by atoms with E-state index < -0.39 is 30.1 Å². The molecule has 1 fully saturated rings. The van der Waals surface area contributed by atoms with E-state index in [-0.39, 0.29) is 6.42 Å². The minimum atomic E-state index is -2.74. The normalized spacial score (nSPS) is 25.7. The fourth-order valence-electron chi connectivity index (χ4n) is 1.49. The zero-order valence-electron chi connectivity index (χ0n) is 6.23. The van der Waals surface area contributed by atoms with Crippen LogP contribution in [-0.4, -0.2) is 17.0 Å². The highest BCUT2D eigenvalue weighted by molar-refractivity contribution is 5.76. The summed E-state index contributed by atoms with van der Waals surface area (Å²) in [5.74, 6) is -3.83. The first kappa shape index (κ1) is 8.43. The molecule has 1 rings (SSSR count). The molecule has 1 aliphatic carbocycles. The van der Waals surface area contributed by atoms with Gasteiger partial charge in [-0.1, -0.05) is 6.92 Å². The highest BCUT2D eigenvalue weighted by Gasteiger charge is 2.59. The molecule has 0 aromatic carbocycles. The molecule has 0 saturated heterocycles. The molecule has 2 nitrogen and oxygen atoms in total. The van der Waals surface area contributed by atoms with Crippen LogP contribution in [-0.2, 0) is 4.79 Å². The van der Waals surface area contributed by atoms with Gasteiger partial charge in [0.2, 0.25) is 5.92 Å². The second-order valence-corrected chi connectivity index (χ2v) is 3.15. The van der Waals surface area contributed by atoms with E-state index in [1.54, 1.807) is 6.92 Å². The Balaban J connectivity index is 2.64. The Hall–Kier alpha value is -0.670. The van der Waals surface area contributed by atoms with Crippen molar-refractivity contribution in [1.82, 2.24) is 0 Å². The smallest absolute Gasteiger partial charge is 0.310 e. The van der Waals surface area contributed by atoms with E-state index in [0.29, 0.717) is 0 Å². The van der Waals surface area contributed by atoms with Gasteiger partial charge in [-0.05, 0) is 6.42 Å². The van der Waals surface area contributed by atoms with E-state index in [0.717, 1.165) is 0 Å². The zero-order chi connectivity index (χ0) is 8.70. The van der Waals surface area contributed by atoms with Crippen LogP contribution in [0.1, 0.15) is 26.2 Å². The van der Waals surface area contributed by atoms with Crippen LogP contribution >= 0.6 is 0 Å². The highest BCUT2D eigenvalue weighted by atomic mass is 19.3. The standard InChI is InChI=1S/C7H10F2O2/c1-2-6(5(10)11)3-7(8,9)4-6/h2-4H2,1H3,(H,10,11). The number of carboxylic acid groups (broad SMARTS) is 1. The molecule has 1 aliphatic rings. The molecule has 0 atom stereocenters. The molecule has 0 unspecified atom stereocenters. The molecule has 0 amide bonds. The average molecular weight is 164 g/mol. The van der Waals surface area contributed by atoms with Crippen molar-refractivity contribution in [3.8, 4) is 0 Å². The molecule has 11 heavy (non-hydrogen) atoms. The second-order valence-electron chi connectivity index (χ2n) is 3.15. The lowest BCUT2D eigenvalue weighted by Crippen LogP contribution is -2.50. The van der Waals surface area contributed by atoms with Crippen molar-refractivity contribution in [2.24, 2.45) is 5.41 Å². The van der Waals surface area contributed by atoms with E-state index >= 15 is 0 Å².